The first-order chi connectivity index (χ1) is 6.33. The van der Waals surface area contributed by atoms with Gasteiger partial charge in [-0.3, -0.25) is 4.39 Å². The normalized spacial score (nSPS) is 23.8. The Morgan fingerprint density at radius 2 is 2.31 bits per heavy atom. The van der Waals surface area contributed by atoms with Crippen LogP contribution in [0.15, 0.2) is 11.6 Å². The summed E-state index contributed by atoms with van der Waals surface area (Å²) in [5, 5.41) is 0. The highest BCUT2D eigenvalue weighted by Crippen LogP contribution is 2.24. The topological polar surface area (TPSA) is 0 Å². The zero-order valence-electron chi connectivity index (χ0n) is 8.69. The summed E-state index contributed by atoms with van der Waals surface area (Å²) in [5.74, 6) is 0.860. The Balaban J connectivity index is 2.23. The second kappa shape index (κ2) is 6.17. The third-order valence-electron chi connectivity index (χ3n) is 2.89. The van der Waals surface area contributed by atoms with Crippen LogP contribution in [-0.4, -0.2) is 6.67 Å². The quantitative estimate of drug-likeness (QED) is 0.452. The van der Waals surface area contributed by atoms with Gasteiger partial charge < -0.3 is 0 Å². The molecule has 0 fully saturated rings. The number of hydrogen-bond acceptors (Lipinski definition) is 0. The van der Waals surface area contributed by atoms with Gasteiger partial charge in [0.15, 0.2) is 0 Å². The highest BCUT2D eigenvalue weighted by molar-refractivity contribution is 5.04. The van der Waals surface area contributed by atoms with Gasteiger partial charge in [-0.2, -0.15) is 0 Å². The maximum Gasteiger partial charge on any atom is 0.0894 e. The minimum atomic E-state index is -0.149. The first kappa shape index (κ1) is 10.7. The minimum Gasteiger partial charge on any atom is -0.251 e. The molecule has 0 saturated heterocycles. The van der Waals surface area contributed by atoms with Crippen molar-refractivity contribution in [2.24, 2.45) is 5.92 Å². The summed E-state index contributed by atoms with van der Waals surface area (Å²) in [6.45, 7) is 2.17. The molecule has 76 valence electrons. The van der Waals surface area contributed by atoms with Crippen molar-refractivity contribution in [1.29, 1.82) is 0 Å². The van der Waals surface area contributed by atoms with E-state index in [0.29, 0.717) is 0 Å². The summed E-state index contributed by atoms with van der Waals surface area (Å²) in [4.78, 5) is 0. The van der Waals surface area contributed by atoms with Gasteiger partial charge in [-0.05, 0) is 44.4 Å². The van der Waals surface area contributed by atoms with Gasteiger partial charge >= 0.3 is 0 Å². The van der Waals surface area contributed by atoms with Crippen LogP contribution in [-0.2, 0) is 0 Å². The van der Waals surface area contributed by atoms with E-state index in [0.717, 1.165) is 25.2 Å². The van der Waals surface area contributed by atoms with E-state index in [-0.39, 0.29) is 6.67 Å². The van der Waals surface area contributed by atoms with Crippen LogP contribution in [0.3, 0.4) is 0 Å². The van der Waals surface area contributed by atoms with E-state index in [1.165, 1.54) is 25.7 Å². The lowest BCUT2D eigenvalue weighted by Gasteiger charge is -2.03. The Morgan fingerprint density at radius 1 is 1.46 bits per heavy atom. The molecule has 0 aromatic heterocycles. The largest absolute Gasteiger partial charge is 0.251 e. The summed E-state index contributed by atoms with van der Waals surface area (Å²) in [5.41, 5.74) is 1.58. The predicted octanol–water partition coefficient (Wildman–Crippen LogP) is 4.26. The number of unbranched alkanes of at least 4 members (excludes halogenated alkanes) is 1. The fraction of sp³-hybridized carbons (Fsp3) is 0.833. The van der Waals surface area contributed by atoms with Crippen LogP contribution in [0.5, 0.6) is 0 Å². The molecule has 1 atom stereocenters. The summed E-state index contributed by atoms with van der Waals surface area (Å²) in [6.07, 6.45) is 10.5. The predicted molar refractivity (Wildman–Crippen MR) is 55.5 cm³/mol. The number of alkyl halides is 1. The number of hydrogen-bond donors (Lipinski definition) is 0. The Labute approximate surface area is 81.2 Å². The van der Waals surface area contributed by atoms with Crippen molar-refractivity contribution in [3.63, 3.8) is 0 Å². The lowest BCUT2D eigenvalue weighted by atomic mass is 10.0. The van der Waals surface area contributed by atoms with Crippen LogP contribution in [0.4, 0.5) is 4.39 Å². The molecule has 0 aromatic rings. The van der Waals surface area contributed by atoms with E-state index < -0.39 is 0 Å². The maximum atomic E-state index is 11.9. The van der Waals surface area contributed by atoms with Crippen molar-refractivity contribution < 1.29 is 4.39 Å². The summed E-state index contributed by atoms with van der Waals surface area (Å²) in [6, 6.07) is 0. The average molecular weight is 184 g/mol. The van der Waals surface area contributed by atoms with Crippen LogP contribution in [0.1, 0.15) is 51.9 Å². The molecule has 0 amide bonds. The van der Waals surface area contributed by atoms with E-state index in [4.69, 9.17) is 0 Å². The Kier molecular flexibility index (Phi) is 5.10. The van der Waals surface area contributed by atoms with Crippen molar-refractivity contribution in [3.05, 3.63) is 11.6 Å². The van der Waals surface area contributed by atoms with Crippen LogP contribution < -0.4 is 0 Å². The molecule has 0 spiro atoms. The van der Waals surface area contributed by atoms with Crippen molar-refractivity contribution in [2.75, 3.05) is 6.67 Å². The molecule has 0 N–H and O–H groups in total. The van der Waals surface area contributed by atoms with Gasteiger partial charge in [0.1, 0.15) is 0 Å². The van der Waals surface area contributed by atoms with Crippen LogP contribution in [0.2, 0.25) is 0 Å². The van der Waals surface area contributed by atoms with Crippen molar-refractivity contribution in [2.45, 2.75) is 51.9 Å². The van der Waals surface area contributed by atoms with Gasteiger partial charge in [0, 0.05) is 0 Å². The molecule has 1 heteroatoms. The molecule has 13 heavy (non-hydrogen) atoms. The van der Waals surface area contributed by atoms with Gasteiger partial charge in [0.2, 0.25) is 0 Å². The zero-order valence-corrected chi connectivity index (χ0v) is 8.69. The van der Waals surface area contributed by atoms with Crippen LogP contribution >= 0.6 is 0 Å². The molecule has 0 radical (unpaired) electrons. The minimum absolute atomic E-state index is 0.149. The lowest BCUT2D eigenvalue weighted by molar-refractivity contribution is 0.460. The highest BCUT2D eigenvalue weighted by Gasteiger charge is 2.07. The van der Waals surface area contributed by atoms with Gasteiger partial charge in [0.25, 0.3) is 0 Å². The van der Waals surface area contributed by atoms with Gasteiger partial charge in [-0.25, -0.2) is 0 Å². The highest BCUT2D eigenvalue weighted by atomic mass is 19.1. The summed E-state index contributed by atoms with van der Waals surface area (Å²) in [7, 11) is 0. The van der Waals surface area contributed by atoms with Gasteiger partial charge in [-0.15, -0.1) is 0 Å². The molecule has 0 saturated carbocycles. The second-order valence-corrected chi connectivity index (χ2v) is 4.24. The monoisotopic (exact) mass is 184 g/mol. The molecule has 0 bridgehead atoms. The van der Waals surface area contributed by atoms with E-state index in [2.05, 4.69) is 13.0 Å². The molecular weight excluding hydrogens is 163 g/mol. The molecule has 0 aromatic carbocycles. The standard InChI is InChI=1S/C12H21F/c1-11-5-4-7-12(9-8-11)6-2-3-10-13/h9,11H,2-8,10H2,1H3/t11-/m1/s1. The summed E-state index contributed by atoms with van der Waals surface area (Å²) < 4.78 is 11.9. The fourth-order valence-corrected chi connectivity index (χ4v) is 1.94. The molecule has 1 rings (SSSR count). The van der Waals surface area contributed by atoms with E-state index in [9.17, 15) is 4.39 Å². The molecule has 0 aliphatic heterocycles. The molecule has 0 nitrogen and oxygen atoms in total. The van der Waals surface area contributed by atoms with E-state index >= 15 is 0 Å². The molecule has 0 unspecified atom stereocenters. The third kappa shape index (κ3) is 4.44. The van der Waals surface area contributed by atoms with Crippen LogP contribution in [0, 0.1) is 5.92 Å². The number of halogens is 1. The molecular formula is C12H21F. The maximum absolute atomic E-state index is 11.9. The van der Waals surface area contributed by atoms with Crippen molar-refractivity contribution in [3.8, 4) is 0 Å². The molecule has 1 aliphatic rings. The Bertz CT molecular complexity index is 161. The first-order valence-electron chi connectivity index (χ1n) is 5.57. The fourth-order valence-electron chi connectivity index (χ4n) is 1.94. The molecule has 1 aliphatic carbocycles. The third-order valence-corrected chi connectivity index (χ3v) is 2.89. The smallest absolute Gasteiger partial charge is 0.0894 e. The van der Waals surface area contributed by atoms with Crippen molar-refractivity contribution >= 4 is 0 Å². The molecule has 0 heterocycles. The lowest BCUT2D eigenvalue weighted by Crippen LogP contribution is -1.88. The Hall–Kier alpha value is -0.330. The van der Waals surface area contributed by atoms with Gasteiger partial charge in [-0.1, -0.05) is 25.0 Å². The Morgan fingerprint density at radius 3 is 3.08 bits per heavy atom. The average Bonchev–Trinajstić information content (AvgIpc) is 2.32. The second-order valence-electron chi connectivity index (χ2n) is 4.24. The van der Waals surface area contributed by atoms with E-state index in [1.807, 2.05) is 0 Å². The van der Waals surface area contributed by atoms with Crippen LogP contribution in [0.25, 0.3) is 0 Å². The number of rotatable bonds is 4. The van der Waals surface area contributed by atoms with Gasteiger partial charge in [0.05, 0.1) is 6.67 Å². The number of allylic oxidation sites excluding steroid dienone is 2. The zero-order chi connectivity index (χ0) is 9.52. The SMILES string of the molecule is C[C@H]1CC=C(CCCCF)CCC1. The van der Waals surface area contributed by atoms with E-state index in [1.54, 1.807) is 5.57 Å². The van der Waals surface area contributed by atoms with Crippen molar-refractivity contribution in [1.82, 2.24) is 0 Å². The first-order valence-corrected chi connectivity index (χ1v) is 5.57. The summed E-state index contributed by atoms with van der Waals surface area (Å²) >= 11 is 0.